The minimum atomic E-state index is -4.48. The highest BCUT2D eigenvalue weighted by molar-refractivity contribution is 5.49. The number of ether oxygens (including phenoxy) is 2. The first-order valence-corrected chi connectivity index (χ1v) is 6.48. The van der Waals surface area contributed by atoms with Crippen LogP contribution in [0.4, 0.5) is 19.0 Å². The van der Waals surface area contributed by atoms with Crippen molar-refractivity contribution < 1.29 is 22.6 Å². The molecular weight excluding hydrogens is 287 g/mol. The lowest BCUT2D eigenvalue weighted by molar-refractivity contribution is -0.141. The highest BCUT2D eigenvalue weighted by Crippen LogP contribution is 2.32. The Hall–Kier alpha value is -1.38. The van der Waals surface area contributed by atoms with Crippen LogP contribution in [-0.2, 0) is 22.2 Å². The number of nitrogens with zero attached hydrogens (tertiary/aromatic N) is 2. The van der Waals surface area contributed by atoms with Gasteiger partial charge in [-0.25, -0.2) is 4.98 Å². The maximum absolute atomic E-state index is 12.8. The molecule has 1 saturated heterocycles. The van der Waals surface area contributed by atoms with E-state index in [9.17, 15) is 13.2 Å². The van der Waals surface area contributed by atoms with E-state index in [1.165, 1.54) is 6.07 Å². The lowest BCUT2D eigenvalue weighted by Crippen LogP contribution is -2.27. The Morgan fingerprint density at radius 2 is 1.81 bits per heavy atom. The lowest BCUT2D eigenvalue weighted by Gasteiger charge is -2.21. The van der Waals surface area contributed by atoms with E-state index in [0.29, 0.717) is 18.7 Å². The van der Waals surface area contributed by atoms with Crippen LogP contribution in [-0.4, -0.2) is 44.5 Å². The molecule has 1 aromatic heterocycles. The van der Waals surface area contributed by atoms with Gasteiger partial charge in [0.1, 0.15) is 23.7 Å². The van der Waals surface area contributed by atoms with Crippen LogP contribution in [0.2, 0.25) is 0 Å². The number of hydrogen-bond donors (Lipinski definition) is 1. The number of aromatic nitrogens is 1. The number of rotatable bonds is 4. The summed E-state index contributed by atoms with van der Waals surface area (Å²) in [6.07, 6.45) is -4.91. The molecule has 0 bridgehead atoms. The van der Waals surface area contributed by atoms with Gasteiger partial charge in [0.15, 0.2) is 0 Å². The molecule has 2 atom stereocenters. The van der Waals surface area contributed by atoms with E-state index in [1.807, 2.05) is 0 Å². The SMILES string of the molecule is COC1CN(c2nc(C(F)(F)F)ccc2CN)CC1OC. The van der Waals surface area contributed by atoms with Gasteiger partial charge in [0.25, 0.3) is 0 Å². The second-order valence-electron chi connectivity index (χ2n) is 4.83. The van der Waals surface area contributed by atoms with Crippen LogP contribution in [0.5, 0.6) is 0 Å². The van der Waals surface area contributed by atoms with E-state index in [4.69, 9.17) is 15.2 Å². The predicted octanol–water partition coefficient (Wildman–Crippen LogP) is 1.41. The highest BCUT2D eigenvalue weighted by Gasteiger charge is 2.37. The van der Waals surface area contributed by atoms with Crippen molar-refractivity contribution >= 4 is 5.82 Å². The van der Waals surface area contributed by atoms with Crippen molar-refractivity contribution in [2.45, 2.75) is 24.9 Å². The molecule has 0 radical (unpaired) electrons. The number of pyridine rings is 1. The van der Waals surface area contributed by atoms with E-state index in [0.717, 1.165) is 6.07 Å². The topological polar surface area (TPSA) is 60.6 Å². The Balaban J connectivity index is 2.34. The summed E-state index contributed by atoms with van der Waals surface area (Å²) in [6.45, 7) is 0.943. The summed E-state index contributed by atoms with van der Waals surface area (Å²) in [5, 5.41) is 0. The van der Waals surface area contributed by atoms with Crippen LogP contribution in [0, 0.1) is 0 Å². The van der Waals surface area contributed by atoms with Gasteiger partial charge in [0.2, 0.25) is 0 Å². The fourth-order valence-corrected chi connectivity index (χ4v) is 2.44. The minimum absolute atomic E-state index is 0.117. The van der Waals surface area contributed by atoms with Crippen LogP contribution in [0.15, 0.2) is 12.1 Å². The molecule has 2 unspecified atom stereocenters. The zero-order valence-corrected chi connectivity index (χ0v) is 11.9. The second-order valence-corrected chi connectivity index (χ2v) is 4.83. The number of nitrogens with two attached hydrogens (primary N) is 1. The Labute approximate surface area is 120 Å². The second kappa shape index (κ2) is 6.17. The van der Waals surface area contributed by atoms with Gasteiger partial charge in [-0.15, -0.1) is 0 Å². The molecule has 0 amide bonds. The van der Waals surface area contributed by atoms with Gasteiger partial charge in [-0.3, -0.25) is 0 Å². The Kier molecular flexibility index (Phi) is 4.70. The summed E-state index contributed by atoms with van der Waals surface area (Å²) < 4.78 is 49.0. The number of anilines is 1. The number of methoxy groups -OCH3 is 2. The summed E-state index contributed by atoms with van der Waals surface area (Å²) in [4.78, 5) is 5.47. The van der Waals surface area contributed by atoms with Crippen molar-refractivity contribution in [1.82, 2.24) is 4.98 Å². The van der Waals surface area contributed by atoms with Crippen molar-refractivity contribution in [3.8, 4) is 0 Å². The standard InChI is InChI=1S/C13H18F3N3O2/c1-20-9-6-19(7-10(9)21-2)12-8(5-17)3-4-11(18-12)13(14,15)16/h3-4,9-10H,5-7,17H2,1-2H3. The monoisotopic (exact) mass is 305 g/mol. The minimum Gasteiger partial charge on any atom is -0.377 e. The van der Waals surface area contributed by atoms with Crippen LogP contribution >= 0.6 is 0 Å². The molecule has 5 nitrogen and oxygen atoms in total. The van der Waals surface area contributed by atoms with Crippen LogP contribution in [0.3, 0.4) is 0 Å². The Bertz CT molecular complexity index is 484. The highest BCUT2D eigenvalue weighted by atomic mass is 19.4. The summed E-state index contributed by atoms with van der Waals surface area (Å²) in [5.74, 6) is 0.244. The van der Waals surface area contributed by atoms with Gasteiger partial charge >= 0.3 is 6.18 Å². The summed E-state index contributed by atoms with van der Waals surface area (Å²) in [7, 11) is 3.09. The largest absolute Gasteiger partial charge is 0.433 e. The third-order valence-corrected chi connectivity index (χ3v) is 3.59. The zero-order chi connectivity index (χ0) is 15.6. The summed E-state index contributed by atoms with van der Waals surface area (Å²) in [5.41, 5.74) is 5.24. The van der Waals surface area contributed by atoms with E-state index in [1.54, 1.807) is 19.1 Å². The van der Waals surface area contributed by atoms with Gasteiger partial charge in [0.05, 0.1) is 0 Å². The fourth-order valence-electron chi connectivity index (χ4n) is 2.44. The predicted molar refractivity (Wildman–Crippen MR) is 70.9 cm³/mol. The first-order valence-electron chi connectivity index (χ1n) is 6.48. The molecule has 1 aromatic rings. The number of hydrogen-bond acceptors (Lipinski definition) is 5. The molecule has 8 heteroatoms. The Morgan fingerprint density at radius 3 is 2.24 bits per heavy atom. The third-order valence-electron chi connectivity index (χ3n) is 3.59. The molecule has 2 rings (SSSR count). The molecule has 118 valence electrons. The Morgan fingerprint density at radius 1 is 1.24 bits per heavy atom. The molecule has 1 fully saturated rings. The molecule has 21 heavy (non-hydrogen) atoms. The third kappa shape index (κ3) is 3.28. The number of alkyl halides is 3. The molecule has 0 aliphatic carbocycles. The van der Waals surface area contributed by atoms with E-state index in [2.05, 4.69) is 4.98 Å². The average molecular weight is 305 g/mol. The molecule has 1 aliphatic rings. The quantitative estimate of drug-likeness (QED) is 0.911. The van der Waals surface area contributed by atoms with E-state index in [-0.39, 0.29) is 24.6 Å². The zero-order valence-electron chi connectivity index (χ0n) is 11.9. The summed E-state index contributed by atoms with van der Waals surface area (Å²) >= 11 is 0. The number of halogens is 3. The van der Waals surface area contributed by atoms with Crippen molar-refractivity contribution in [3.05, 3.63) is 23.4 Å². The average Bonchev–Trinajstić information content (AvgIpc) is 2.88. The maximum atomic E-state index is 12.8. The molecule has 0 spiro atoms. The molecule has 1 aliphatic heterocycles. The van der Waals surface area contributed by atoms with Crippen LogP contribution < -0.4 is 10.6 Å². The van der Waals surface area contributed by atoms with Crippen molar-refractivity contribution in [1.29, 1.82) is 0 Å². The van der Waals surface area contributed by atoms with Gasteiger partial charge in [-0.1, -0.05) is 6.07 Å². The van der Waals surface area contributed by atoms with Crippen molar-refractivity contribution in [2.75, 3.05) is 32.2 Å². The van der Waals surface area contributed by atoms with Crippen LogP contribution in [0.1, 0.15) is 11.3 Å². The fraction of sp³-hybridized carbons (Fsp3) is 0.615. The molecule has 0 saturated carbocycles. The maximum Gasteiger partial charge on any atom is 0.433 e. The normalized spacial score (nSPS) is 22.9. The molecule has 2 heterocycles. The van der Waals surface area contributed by atoms with E-state index >= 15 is 0 Å². The van der Waals surface area contributed by atoms with Crippen molar-refractivity contribution in [3.63, 3.8) is 0 Å². The van der Waals surface area contributed by atoms with Gasteiger partial charge in [0, 0.05) is 39.4 Å². The van der Waals surface area contributed by atoms with E-state index < -0.39 is 11.9 Å². The molecular formula is C13H18F3N3O2. The lowest BCUT2D eigenvalue weighted by atomic mass is 10.2. The van der Waals surface area contributed by atoms with Crippen LogP contribution in [0.25, 0.3) is 0 Å². The first-order chi connectivity index (χ1) is 9.90. The van der Waals surface area contributed by atoms with Gasteiger partial charge in [-0.05, 0) is 6.07 Å². The summed E-state index contributed by atoms with van der Waals surface area (Å²) in [6, 6.07) is 2.32. The van der Waals surface area contributed by atoms with Gasteiger partial charge < -0.3 is 20.1 Å². The molecule has 2 N–H and O–H groups in total. The first kappa shape index (κ1) is 16.0. The molecule has 0 aromatic carbocycles. The smallest absolute Gasteiger partial charge is 0.377 e. The van der Waals surface area contributed by atoms with Crippen molar-refractivity contribution in [2.24, 2.45) is 5.73 Å². The van der Waals surface area contributed by atoms with Gasteiger partial charge in [-0.2, -0.15) is 13.2 Å².